The molecule has 0 atom stereocenters. The van der Waals surface area contributed by atoms with E-state index in [2.05, 4.69) is 25.2 Å². The number of nitrogens with zero attached hydrogens (tertiary/aromatic N) is 5. The summed E-state index contributed by atoms with van der Waals surface area (Å²) in [6.45, 7) is 0.771. The lowest BCUT2D eigenvalue weighted by Crippen LogP contribution is -2.25. The molecule has 0 saturated heterocycles. The van der Waals surface area contributed by atoms with Gasteiger partial charge in [0.15, 0.2) is 0 Å². The van der Waals surface area contributed by atoms with E-state index in [1.807, 2.05) is 31.4 Å². The van der Waals surface area contributed by atoms with E-state index in [-0.39, 0.29) is 5.91 Å². The lowest BCUT2D eigenvalue weighted by atomic mass is 10.2. The van der Waals surface area contributed by atoms with Gasteiger partial charge in [-0.05, 0) is 37.6 Å². The number of rotatable bonds is 6. The average molecular weight is 393 g/mol. The molecule has 4 rings (SSSR count). The minimum atomic E-state index is -0.00815. The predicted molar refractivity (Wildman–Crippen MR) is 113 cm³/mol. The molecule has 1 aliphatic carbocycles. The summed E-state index contributed by atoms with van der Waals surface area (Å²) >= 11 is 0. The van der Waals surface area contributed by atoms with Gasteiger partial charge in [-0.15, -0.1) is 0 Å². The number of carbonyl (C=O) groups excluding carboxylic acids is 1. The summed E-state index contributed by atoms with van der Waals surface area (Å²) in [6, 6.07) is 6.13. The van der Waals surface area contributed by atoms with Gasteiger partial charge < -0.3 is 20.1 Å². The Morgan fingerprint density at radius 1 is 1.21 bits per heavy atom. The second-order valence-electron chi connectivity index (χ2n) is 7.72. The van der Waals surface area contributed by atoms with Crippen molar-refractivity contribution >= 4 is 28.7 Å². The van der Waals surface area contributed by atoms with E-state index >= 15 is 0 Å². The quantitative estimate of drug-likeness (QED) is 0.669. The fourth-order valence-corrected chi connectivity index (χ4v) is 3.92. The first-order valence-corrected chi connectivity index (χ1v) is 10.0. The minimum absolute atomic E-state index is 0.00815. The number of hydrogen-bond donors (Lipinski definition) is 2. The van der Waals surface area contributed by atoms with Gasteiger partial charge in [0, 0.05) is 44.5 Å². The molecule has 1 amide bonds. The minimum Gasteiger partial charge on any atom is -0.343 e. The van der Waals surface area contributed by atoms with Gasteiger partial charge in [0.1, 0.15) is 17.2 Å². The molecule has 3 aromatic rings. The summed E-state index contributed by atoms with van der Waals surface area (Å²) in [5, 5.41) is 7.17. The van der Waals surface area contributed by atoms with E-state index in [0.29, 0.717) is 23.5 Å². The Morgan fingerprint density at radius 2 is 2.00 bits per heavy atom. The maximum atomic E-state index is 12.8. The predicted octanol–water partition coefficient (Wildman–Crippen LogP) is 3.11. The van der Waals surface area contributed by atoms with Crippen molar-refractivity contribution in [1.82, 2.24) is 29.7 Å². The third kappa shape index (κ3) is 3.93. The highest BCUT2D eigenvalue weighted by molar-refractivity contribution is 5.97. The zero-order valence-corrected chi connectivity index (χ0v) is 17.1. The molecule has 2 N–H and O–H groups in total. The molecule has 1 fully saturated rings. The van der Waals surface area contributed by atoms with Crippen LogP contribution in [0.15, 0.2) is 30.6 Å². The molecule has 0 unspecified atom stereocenters. The van der Waals surface area contributed by atoms with Crippen molar-refractivity contribution in [1.29, 1.82) is 0 Å². The summed E-state index contributed by atoms with van der Waals surface area (Å²) in [5.41, 5.74) is 2.58. The zero-order chi connectivity index (χ0) is 20.4. The van der Waals surface area contributed by atoms with Crippen molar-refractivity contribution in [3.8, 4) is 0 Å². The first-order chi connectivity index (χ1) is 14.1. The van der Waals surface area contributed by atoms with Crippen molar-refractivity contribution < 1.29 is 4.79 Å². The van der Waals surface area contributed by atoms with E-state index < -0.39 is 0 Å². The molecule has 8 heteroatoms. The van der Waals surface area contributed by atoms with E-state index in [1.165, 1.54) is 12.8 Å². The summed E-state index contributed by atoms with van der Waals surface area (Å²) in [7, 11) is 5.46. The Kier molecular flexibility index (Phi) is 5.44. The van der Waals surface area contributed by atoms with Gasteiger partial charge in [-0.2, -0.15) is 4.98 Å². The van der Waals surface area contributed by atoms with Crippen LogP contribution in [0, 0.1) is 0 Å². The summed E-state index contributed by atoms with van der Waals surface area (Å²) in [6.07, 6.45) is 8.10. The molecule has 8 nitrogen and oxygen atoms in total. The molecular formula is C21H27N7O. The van der Waals surface area contributed by atoms with Crippen LogP contribution in [0.1, 0.15) is 47.8 Å². The van der Waals surface area contributed by atoms with Crippen molar-refractivity contribution in [3.63, 3.8) is 0 Å². The van der Waals surface area contributed by atoms with Crippen molar-refractivity contribution in [2.24, 2.45) is 0 Å². The van der Waals surface area contributed by atoms with E-state index in [9.17, 15) is 4.79 Å². The Labute approximate surface area is 170 Å². The molecule has 0 spiro atoms. The number of aromatic nitrogens is 4. The molecule has 3 heterocycles. The number of carbonyl (C=O) groups is 1. The highest BCUT2D eigenvalue weighted by atomic mass is 16.2. The van der Waals surface area contributed by atoms with Crippen LogP contribution in [0.4, 0.5) is 11.8 Å². The van der Waals surface area contributed by atoms with Crippen molar-refractivity contribution in [2.45, 2.75) is 38.3 Å². The second kappa shape index (κ2) is 8.16. The molecule has 152 valence electrons. The lowest BCUT2D eigenvalue weighted by Gasteiger charge is -2.19. The fourth-order valence-electron chi connectivity index (χ4n) is 3.92. The number of anilines is 2. The number of pyridine rings is 1. The Hall–Kier alpha value is -3.00. The molecule has 0 bridgehead atoms. The first kappa shape index (κ1) is 19.3. The van der Waals surface area contributed by atoms with Crippen LogP contribution >= 0.6 is 0 Å². The van der Waals surface area contributed by atoms with Crippen LogP contribution in [0.5, 0.6) is 0 Å². The highest BCUT2D eigenvalue weighted by Gasteiger charge is 2.26. The smallest absolute Gasteiger partial charge is 0.270 e. The zero-order valence-electron chi connectivity index (χ0n) is 17.1. The van der Waals surface area contributed by atoms with Gasteiger partial charge >= 0.3 is 0 Å². The third-order valence-corrected chi connectivity index (χ3v) is 5.34. The highest BCUT2D eigenvalue weighted by Crippen LogP contribution is 2.34. The van der Waals surface area contributed by atoms with Gasteiger partial charge in [0.05, 0.1) is 0 Å². The van der Waals surface area contributed by atoms with E-state index in [4.69, 9.17) is 4.98 Å². The van der Waals surface area contributed by atoms with Crippen LogP contribution in [0.3, 0.4) is 0 Å². The van der Waals surface area contributed by atoms with Crippen LogP contribution < -0.4 is 10.6 Å². The molecule has 0 aliphatic heterocycles. The SMILES string of the molecule is CNCc1ccc(Nc2ncc3cc(C(=O)N(C)C)n(C4CCCC4)c3n2)nc1. The van der Waals surface area contributed by atoms with Crippen molar-refractivity contribution in [2.75, 3.05) is 26.5 Å². The molecule has 0 radical (unpaired) electrons. The fraction of sp³-hybridized carbons (Fsp3) is 0.429. The molecule has 29 heavy (non-hydrogen) atoms. The van der Waals surface area contributed by atoms with Gasteiger partial charge in [-0.1, -0.05) is 18.9 Å². The van der Waals surface area contributed by atoms with Crippen LogP contribution in [0.2, 0.25) is 0 Å². The number of hydrogen-bond acceptors (Lipinski definition) is 6. The number of fused-ring (bicyclic) bond motifs is 1. The van der Waals surface area contributed by atoms with Gasteiger partial charge in [-0.3, -0.25) is 4.79 Å². The Bertz CT molecular complexity index is 1000. The molecule has 1 saturated carbocycles. The van der Waals surface area contributed by atoms with E-state index in [0.717, 1.165) is 36.0 Å². The average Bonchev–Trinajstić information content (AvgIpc) is 3.36. The van der Waals surface area contributed by atoms with E-state index in [1.54, 1.807) is 25.2 Å². The Morgan fingerprint density at radius 3 is 2.66 bits per heavy atom. The standard InChI is InChI=1S/C21H27N7O/c1-22-11-14-8-9-18(23-12-14)25-21-24-13-15-10-17(20(29)27(2)3)28(19(15)26-21)16-6-4-5-7-16/h8-10,12-13,16,22H,4-7,11H2,1-3H3,(H,23,24,25,26). The Balaban J connectivity index is 1.70. The van der Waals surface area contributed by atoms with Crippen LogP contribution in [-0.2, 0) is 6.54 Å². The summed E-state index contributed by atoms with van der Waals surface area (Å²) in [5.74, 6) is 1.16. The lowest BCUT2D eigenvalue weighted by molar-refractivity contribution is 0.0815. The topological polar surface area (TPSA) is 88.0 Å². The first-order valence-electron chi connectivity index (χ1n) is 10.0. The maximum Gasteiger partial charge on any atom is 0.270 e. The van der Waals surface area contributed by atoms with Crippen LogP contribution in [0.25, 0.3) is 11.0 Å². The monoisotopic (exact) mass is 393 g/mol. The summed E-state index contributed by atoms with van der Waals surface area (Å²) in [4.78, 5) is 28.0. The molecule has 3 aromatic heterocycles. The van der Waals surface area contributed by atoms with Crippen molar-refractivity contribution in [3.05, 3.63) is 41.9 Å². The summed E-state index contributed by atoms with van der Waals surface area (Å²) < 4.78 is 2.11. The normalized spacial score (nSPS) is 14.4. The second-order valence-corrected chi connectivity index (χ2v) is 7.72. The molecule has 0 aromatic carbocycles. The third-order valence-electron chi connectivity index (χ3n) is 5.34. The number of amides is 1. The largest absolute Gasteiger partial charge is 0.343 e. The van der Waals surface area contributed by atoms with Crippen LogP contribution in [-0.4, -0.2) is 51.5 Å². The maximum absolute atomic E-state index is 12.8. The van der Waals surface area contributed by atoms with Gasteiger partial charge in [-0.25, -0.2) is 9.97 Å². The van der Waals surface area contributed by atoms with Gasteiger partial charge in [0.2, 0.25) is 5.95 Å². The molecular weight excluding hydrogens is 366 g/mol. The molecule has 1 aliphatic rings. The van der Waals surface area contributed by atoms with Gasteiger partial charge in [0.25, 0.3) is 5.91 Å². The number of nitrogens with one attached hydrogen (secondary N) is 2.